The first-order valence-corrected chi connectivity index (χ1v) is 6.98. The predicted molar refractivity (Wildman–Crippen MR) is 76.3 cm³/mol. The van der Waals surface area contributed by atoms with E-state index < -0.39 is 0 Å². The third-order valence-electron chi connectivity index (χ3n) is 3.35. The molecule has 0 aromatic heterocycles. The molecule has 0 radical (unpaired) electrons. The average Bonchev–Trinajstić information content (AvgIpc) is 2.40. The van der Waals surface area contributed by atoms with Gasteiger partial charge in [0.15, 0.2) is 0 Å². The first kappa shape index (κ1) is 14.6. The molecule has 1 aliphatic rings. The molecular weight excluding hydrogens is 267 g/mol. The van der Waals surface area contributed by atoms with Crippen molar-refractivity contribution < 1.29 is 9.13 Å². The highest BCUT2D eigenvalue weighted by Gasteiger charge is 2.22. The van der Waals surface area contributed by atoms with E-state index >= 15 is 0 Å². The number of hydrogen-bond acceptors (Lipinski definition) is 3. The maximum absolute atomic E-state index is 13.1. The summed E-state index contributed by atoms with van der Waals surface area (Å²) in [4.78, 5) is 2.38. The molecule has 0 amide bonds. The Labute approximate surface area is 118 Å². The monoisotopic (exact) mass is 286 g/mol. The van der Waals surface area contributed by atoms with Crippen molar-refractivity contribution in [3.63, 3.8) is 0 Å². The van der Waals surface area contributed by atoms with Crippen LogP contribution >= 0.6 is 11.6 Å². The first-order chi connectivity index (χ1) is 9.06. The lowest BCUT2D eigenvalue weighted by atomic mass is 10.2. The molecule has 1 atom stereocenters. The summed E-state index contributed by atoms with van der Waals surface area (Å²) in [5, 5.41) is 3.69. The topological polar surface area (TPSA) is 24.5 Å². The quantitative estimate of drug-likeness (QED) is 0.921. The van der Waals surface area contributed by atoms with Crippen molar-refractivity contribution in [2.75, 3.05) is 31.6 Å². The van der Waals surface area contributed by atoms with Gasteiger partial charge in [-0.1, -0.05) is 11.6 Å². The van der Waals surface area contributed by atoms with Gasteiger partial charge < -0.3 is 10.1 Å². The average molecular weight is 287 g/mol. The van der Waals surface area contributed by atoms with E-state index in [9.17, 15) is 4.39 Å². The zero-order valence-electron chi connectivity index (χ0n) is 11.3. The molecule has 1 aromatic rings. The van der Waals surface area contributed by atoms with Gasteiger partial charge in [0.25, 0.3) is 0 Å². The molecule has 0 saturated carbocycles. The Hall–Kier alpha value is -0.840. The number of ether oxygens (including phenoxy) is 1. The van der Waals surface area contributed by atoms with E-state index in [1.807, 2.05) is 0 Å². The van der Waals surface area contributed by atoms with Crippen LogP contribution in [0.3, 0.4) is 0 Å². The summed E-state index contributed by atoms with van der Waals surface area (Å²) >= 11 is 6.01. The van der Waals surface area contributed by atoms with Crippen molar-refractivity contribution in [3.8, 4) is 0 Å². The minimum Gasteiger partial charge on any atom is -0.381 e. The standard InChI is InChI=1S/C14H20ClFN2O/c1-10(2)18-5-6-19-12(9-18)8-17-14-7-11(16)3-4-13(14)15/h3-4,7,10,12,17H,5-6,8-9H2,1-2H3. The van der Waals surface area contributed by atoms with Crippen LogP contribution in [0.15, 0.2) is 18.2 Å². The summed E-state index contributed by atoms with van der Waals surface area (Å²) in [6.45, 7) is 7.58. The highest BCUT2D eigenvalue weighted by Crippen LogP contribution is 2.22. The van der Waals surface area contributed by atoms with E-state index in [1.54, 1.807) is 6.07 Å². The lowest BCUT2D eigenvalue weighted by Gasteiger charge is -2.35. The Morgan fingerprint density at radius 3 is 3.05 bits per heavy atom. The third kappa shape index (κ3) is 4.06. The van der Waals surface area contributed by atoms with E-state index in [-0.39, 0.29) is 11.9 Å². The van der Waals surface area contributed by atoms with Crippen LogP contribution in [-0.2, 0) is 4.74 Å². The molecule has 106 valence electrons. The van der Waals surface area contributed by atoms with Crippen molar-refractivity contribution in [3.05, 3.63) is 29.0 Å². The van der Waals surface area contributed by atoms with Gasteiger partial charge in [0.2, 0.25) is 0 Å². The Morgan fingerprint density at radius 1 is 1.53 bits per heavy atom. The SMILES string of the molecule is CC(C)N1CCOC(CNc2cc(F)ccc2Cl)C1. The molecule has 0 aliphatic carbocycles. The van der Waals surface area contributed by atoms with E-state index in [0.717, 1.165) is 19.7 Å². The maximum atomic E-state index is 13.1. The second-order valence-electron chi connectivity index (χ2n) is 5.09. The van der Waals surface area contributed by atoms with Gasteiger partial charge in [-0.3, -0.25) is 4.90 Å². The van der Waals surface area contributed by atoms with Gasteiger partial charge >= 0.3 is 0 Å². The molecule has 1 fully saturated rings. The molecule has 1 aromatic carbocycles. The molecule has 1 saturated heterocycles. The van der Waals surface area contributed by atoms with Crippen molar-refractivity contribution in [2.45, 2.75) is 26.0 Å². The van der Waals surface area contributed by atoms with Gasteiger partial charge in [-0.2, -0.15) is 0 Å². The number of rotatable bonds is 4. The van der Waals surface area contributed by atoms with Crippen LogP contribution in [0.2, 0.25) is 5.02 Å². The number of morpholine rings is 1. The van der Waals surface area contributed by atoms with Gasteiger partial charge in [0.05, 0.1) is 23.4 Å². The molecule has 19 heavy (non-hydrogen) atoms. The largest absolute Gasteiger partial charge is 0.381 e. The summed E-state index contributed by atoms with van der Waals surface area (Å²) < 4.78 is 18.9. The Bertz CT molecular complexity index is 428. The van der Waals surface area contributed by atoms with Crippen molar-refractivity contribution >= 4 is 17.3 Å². The number of anilines is 1. The predicted octanol–water partition coefficient (Wildman–Crippen LogP) is 3.00. The van der Waals surface area contributed by atoms with E-state index in [1.165, 1.54) is 12.1 Å². The lowest BCUT2D eigenvalue weighted by molar-refractivity contribution is -0.0315. The molecule has 1 unspecified atom stereocenters. The van der Waals surface area contributed by atoms with Crippen molar-refractivity contribution in [2.24, 2.45) is 0 Å². The van der Waals surface area contributed by atoms with Gasteiger partial charge in [-0.15, -0.1) is 0 Å². The van der Waals surface area contributed by atoms with Crippen LogP contribution in [0.1, 0.15) is 13.8 Å². The summed E-state index contributed by atoms with van der Waals surface area (Å²) in [5.74, 6) is -0.291. The first-order valence-electron chi connectivity index (χ1n) is 6.61. The molecule has 1 heterocycles. The van der Waals surface area contributed by atoms with Crippen molar-refractivity contribution in [1.82, 2.24) is 4.90 Å². The number of nitrogens with one attached hydrogen (secondary N) is 1. The highest BCUT2D eigenvalue weighted by atomic mass is 35.5. The lowest BCUT2D eigenvalue weighted by Crippen LogP contribution is -2.48. The third-order valence-corrected chi connectivity index (χ3v) is 3.68. The van der Waals surface area contributed by atoms with Crippen LogP contribution in [-0.4, -0.2) is 43.3 Å². The Kier molecular flexibility index (Phi) is 5.02. The summed E-state index contributed by atoms with van der Waals surface area (Å²) in [7, 11) is 0. The number of hydrogen-bond donors (Lipinski definition) is 1. The zero-order valence-corrected chi connectivity index (χ0v) is 12.1. The molecule has 1 N–H and O–H groups in total. The van der Waals surface area contributed by atoms with Crippen LogP contribution in [0.5, 0.6) is 0 Å². The minimum absolute atomic E-state index is 0.107. The van der Waals surface area contributed by atoms with Gasteiger partial charge in [0, 0.05) is 25.7 Å². The number of halogens is 2. The zero-order chi connectivity index (χ0) is 13.8. The fourth-order valence-electron chi connectivity index (χ4n) is 2.19. The second kappa shape index (κ2) is 6.55. The number of benzene rings is 1. The van der Waals surface area contributed by atoms with E-state index in [2.05, 4.69) is 24.1 Å². The van der Waals surface area contributed by atoms with Crippen molar-refractivity contribution in [1.29, 1.82) is 0 Å². The molecule has 2 rings (SSSR count). The fourth-order valence-corrected chi connectivity index (χ4v) is 2.38. The molecule has 3 nitrogen and oxygen atoms in total. The molecule has 0 spiro atoms. The van der Waals surface area contributed by atoms with Gasteiger partial charge in [0.1, 0.15) is 5.82 Å². The highest BCUT2D eigenvalue weighted by molar-refractivity contribution is 6.33. The molecule has 5 heteroatoms. The number of nitrogens with zero attached hydrogens (tertiary/aromatic N) is 1. The van der Waals surface area contributed by atoms with Crippen LogP contribution in [0.4, 0.5) is 10.1 Å². The molecular formula is C14H20ClFN2O. The fraction of sp³-hybridized carbons (Fsp3) is 0.571. The summed E-state index contributed by atoms with van der Waals surface area (Å²) in [6.07, 6.45) is 0.107. The van der Waals surface area contributed by atoms with E-state index in [0.29, 0.717) is 23.3 Å². The maximum Gasteiger partial charge on any atom is 0.125 e. The minimum atomic E-state index is -0.291. The van der Waals surface area contributed by atoms with Gasteiger partial charge in [-0.25, -0.2) is 4.39 Å². The normalized spacial score (nSPS) is 20.8. The Morgan fingerprint density at radius 2 is 2.32 bits per heavy atom. The van der Waals surface area contributed by atoms with Gasteiger partial charge in [-0.05, 0) is 32.0 Å². The molecule has 1 aliphatic heterocycles. The van der Waals surface area contributed by atoms with Crippen LogP contribution < -0.4 is 5.32 Å². The summed E-state index contributed by atoms with van der Waals surface area (Å²) in [6, 6.07) is 4.84. The second-order valence-corrected chi connectivity index (χ2v) is 5.49. The smallest absolute Gasteiger partial charge is 0.125 e. The Balaban J connectivity index is 1.89. The summed E-state index contributed by atoms with van der Waals surface area (Å²) in [5.41, 5.74) is 0.618. The van der Waals surface area contributed by atoms with E-state index in [4.69, 9.17) is 16.3 Å². The van der Waals surface area contributed by atoms with Crippen LogP contribution in [0.25, 0.3) is 0 Å². The molecule has 0 bridgehead atoms. The van der Waals surface area contributed by atoms with Crippen LogP contribution in [0, 0.1) is 5.82 Å².